The maximum absolute atomic E-state index is 13.3. The molecule has 0 unspecified atom stereocenters. The summed E-state index contributed by atoms with van der Waals surface area (Å²) in [6.07, 6.45) is 1.46. The quantitative estimate of drug-likeness (QED) is 0.575. The summed E-state index contributed by atoms with van der Waals surface area (Å²) < 4.78 is 30.2. The molecule has 4 aromatic rings. The molecule has 0 saturated carbocycles. The third-order valence-electron chi connectivity index (χ3n) is 4.20. The Kier molecular flexibility index (Phi) is 3.65. The van der Waals surface area contributed by atoms with Gasteiger partial charge in [-0.1, -0.05) is 11.3 Å². The van der Waals surface area contributed by atoms with Crippen LogP contribution < -0.4 is 5.32 Å². The lowest BCUT2D eigenvalue weighted by molar-refractivity contribution is -0.116. The van der Waals surface area contributed by atoms with Crippen molar-refractivity contribution >= 4 is 43.8 Å². The fourth-order valence-corrected chi connectivity index (χ4v) is 3.65. The van der Waals surface area contributed by atoms with Gasteiger partial charge in [0.2, 0.25) is 5.91 Å². The second kappa shape index (κ2) is 5.77. The Labute approximate surface area is 149 Å². The monoisotopic (exact) mass is 377 g/mol. The number of thiazole rings is 1. The van der Waals surface area contributed by atoms with Crippen LogP contribution in [0.2, 0.25) is 0 Å². The maximum Gasteiger partial charge on any atom is 0.246 e. The molecule has 3 aromatic heterocycles. The van der Waals surface area contributed by atoms with Gasteiger partial charge in [-0.2, -0.15) is 0 Å². The third kappa shape index (κ3) is 2.49. The number of aromatic hydroxyl groups is 1. The standard InChI is InChI=1S/C16H13F2N5O2S/c1-7-14(25)13-15(22(7)2)19-6-23(13)5-12(24)21-16-20-10-3-8(17)9(18)4-11(10)26-16/h3-4,6,25H,5H2,1-2H3,(H,20,21,24). The SMILES string of the molecule is Cc1c(O)c2c(ncn2CC(=O)Nc2nc3cc(F)c(F)cc3s2)n1C. The Bertz CT molecular complexity index is 1140. The molecular weight excluding hydrogens is 364 g/mol. The van der Waals surface area contributed by atoms with Gasteiger partial charge in [0.05, 0.1) is 22.2 Å². The zero-order valence-corrected chi connectivity index (χ0v) is 14.6. The van der Waals surface area contributed by atoms with Gasteiger partial charge < -0.3 is 19.6 Å². The fraction of sp³-hybridized carbons (Fsp3) is 0.188. The molecule has 0 aliphatic carbocycles. The van der Waals surface area contributed by atoms with Gasteiger partial charge in [0.15, 0.2) is 28.2 Å². The zero-order chi connectivity index (χ0) is 18.6. The molecule has 1 amide bonds. The van der Waals surface area contributed by atoms with Crippen LogP contribution in [0.1, 0.15) is 5.69 Å². The second-order valence-corrected chi connectivity index (χ2v) is 6.87. The smallest absolute Gasteiger partial charge is 0.246 e. The molecule has 0 fully saturated rings. The van der Waals surface area contributed by atoms with Crippen LogP contribution >= 0.6 is 11.3 Å². The number of nitrogens with one attached hydrogen (secondary N) is 1. The maximum atomic E-state index is 13.3. The van der Waals surface area contributed by atoms with Gasteiger partial charge in [-0.05, 0) is 13.0 Å². The number of nitrogens with zero attached hydrogens (tertiary/aromatic N) is 4. The highest BCUT2D eigenvalue weighted by Crippen LogP contribution is 2.30. The van der Waals surface area contributed by atoms with E-state index in [1.54, 1.807) is 18.5 Å². The number of aromatic nitrogens is 4. The number of carbonyl (C=O) groups excluding carboxylic acids is 1. The van der Waals surface area contributed by atoms with E-state index < -0.39 is 17.5 Å². The molecule has 0 saturated heterocycles. The van der Waals surface area contributed by atoms with Crippen molar-refractivity contribution in [3.63, 3.8) is 0 Å². The molecule has 0 bridgehead atoms. The lowest BCUT2D eigenvalue weighted by atomic mass is 10.3. The molecule has 3 heterocycles. The van der Waals surface area contributed by atoms with E-state index in [0.717, 1.165) is 23.5 Å². The minimum Gasteiger partial charge on any atom is -0.504 e. The van der Waals surface area contributed by atoms with Crippen molar-refractivity contribution in [2.45, 2.75) is 13.5 Å². The number of hydrogen-bond acceptors (Lipinski definition) is 5. The van der Waals surface area contributed by atoms with Crippen molar-refractivity contribution < 1.29 is 18.7 Å². The van der Waals surface area contributed by atoms with E-state index in [0.29, 0.717) is 21.6 Å². The number of carbonyl (C=O) groups is 1. The molecule has 0 atom stereocenters. The molecule has 0 radical (unpaired) electrons. The summed E-state index contributed by atoms with van der Waals surface area (Å²) in [6, 6.07) is 2.03. The Morgan fingerprint density at radius 2 is 2.08 bits per heavy atom. The minimum absolute atomic E-state index is 0.0683. The predicted octanol–water partition coefficient (Wildman–Crippen LogP) is 2.92. The van der Waals surface area contributed by atoms with Crippen LogP contribution in [0.25, 0.3) is 21.4 Å². The molecule has 134 valence electrons. The average Bonchev–Trinajstić information content (AvgIpc) is 3.21. The van der Waals surface area contributed by atoms with Gasteiger partial charge in [-0.15, -0.1) is 0 Å². The van der Waals surface area contributed by atoms with Crippen LogP contribution in [0, 0.1) is 18.6 Å². The number of benzene rings is 1. The lowest BCUT2D eigenvalue weighted by Gasteiger charge is -2.03. The molecule has 0 aliphatic heterocycles. The third-order valence-corrected chi connectivity index (χ3v) is 5.13. The van der Waals surface area contributed by atoms with Crippen molar-refractivity contribution in [2.24, 2.45) is 7.05 Å². The topological polar surface area (TPSA) is 85.0 Å². The fourth-order valence-electron chi connectivity index (χ4n) is 2.76. The highest BCUT2D eigenvalue weighted by atomic mass is 32.1. The van der Waals surface area contributed by atoms with E-state index in [4.69, 9.17) is 0 Å². The summed E-state index contributed by atoms with van der Waals surface area (Å²) in [6.45, 7) is 1.66. The number of imidazole rings is 1. The normalized spacial score (nSPS) is 11.5. The average molecular weight is 377 g/mol. The van der Waals surface area contributed by atoms with Crippen LogP contribution in [0.15, 0.2) is 18.5 Å². The summed E-state index contributed by atoms with van der Waals surface area (Å²) in [5.41, 5.74) is 1.95. The summed E-state index contributed by atoms with van der Waals surface area (Å²) >= 11 is 1.05. The van der Waals surface area contributed by atoms with E-state index in [1.165, 1.54) is 10.9 Å². The number of halogens is 2. The molecule has 4 rings (SSSR count). The van der Waals surface area contributed by atoms with Crippen molar-refractivity contribution in [3.8, 4) is 5.75 Å². The molecule has 2 N–H and O–H groups in total. The Balaban J connectivity index is 1.59. The Morgan fingerprint density at radius 3 is 2.85 bits per heavy atom. The largest absolute Gasteiger partial charge is 0.504 e. The number of anilines is 1. The summed E-state index contributed by atoms with van der Waals surface area (Å²) in [5.74, 6) is -2.28. The minimum atomic E-state index is -0.989. The van der Waals surface area contributed by atoms with Crippen LogP contribution in [0.5, 0.6) is 5.75 Å². The molecular formula is C16H13F2N5O2S. The number of rotatable bonds is 3. The zero-order valence-electron chi connectivity index (χ0n) is 13.7. The van der Waals surface area contributed by atoms with Gasteiger partial charge >= 0.3 is 0 Å². The van der Waals surface area contributed by atoms with Crippen molar-refractivity contribution in [1.82, 2.24) is 19.1 Å². The van der Waals surface area contributed by atoms with Crippen LogP contribution in [-0.4, -0.2) is 30.1 Å². The van der Waals surface area contributed by atoms with E-state index in [9.17, 15) is 18.7 Å². The second-order valence-electron chi connectivity index (χ2n) is 5.84. The van der Waals surface area contributed by atoms with Gasteiger partial charge in [-0.3, -0.25) is 4.79 Å². The molecule has 26 heavy (non-hydrogen) atoms. The number of amides is 1. The highest BCUT2D eigenvalue weighted by molar-refractivity contribution is 7.22. The first-order valence-corrected chi connectivity index (χ1v) is 8.41. The van der Waals surface area contributed by atoms with Crippen molar-refractivity contribution in [1.29, 1.82) is 0 Å². The predicted molar refractivity (Wildman–Crippen MR) is 93.3 cm³/mol. The van der Waals surface area contributed by atoms with Crippen LogP contribution in [-0.2, 0) is 18.4 Å². The van der Waals surface area contributed by atoms with E-state index in [1.807, 2.05) is 0 Å². The van der Waals surface area contributed by atoms with Crippen LogP contribution in [0.3, 0.4) is 0 Å². The summed E-state index contributed by atoms with van der Waals surface area (Å²) in [4.78, 5) is 20.6. The number of aryl methyl sites for hydroxylation is 1. The van der Waals surface area contributed by atoms with Crippen LogP contribution in [0.4, 0.5) is 13.9 Å². The number of hydrogen-bond donors (Lipinski definition) is 2. The molecule has 1 aromatic carbocycles. The molecule has 0 aliphatic rings. The summed E-state index contributed by atoms with van der Waals surface area (Å²) in [5, 5.41) is 13.0. The van der Waals surface area contributed by atoms with Gasteiger partial charge in [-0.25, -0.2) is 18.7 Å². The Morgan fingerprint density at radius 1 is 1.35 bits per heavy atom. The lowest BCUT2D eigenvalue weighted by Crippen LogP contribution is -2.18. The Hall–Kier alpha value is -3.01. The molecule has 7 nitrogen and oxygen atoms in total. The number of fused-ring (bicyclic) bond motifs is 2. The first kappa shape index (κ1) is 16.5. The molecule has 10 heteroatoms. The highest BCUT2D eigenvalue weighted by Gasteiger charge is 2.18. The van der Waals surface area contributed by atoms with Gasteiger partial charge in [0.25, 0.3) is 0 Å². The van der Waals surface area contributed by atoms with E-state index in [-0.39, 0.29) is 22.9 Å². The van der Waals surface area contributed by atoms with E-state index >= 15 is 0 Å². The first-order valence-electron chi connectivity index (χ1n) is 7.59. The van der Waals surface area contributed by atoms with Crippen molar-refractivity contribution in [2.75, 3.05) is 5.32 Å². The molecule has 0 spiro atoms. The first-order chi connectivity index (χ1) is 12.3. The van der Waals surface area contributed by atoms with Gasteiger partial charge in [0, 0.05) is 13.1 Å². The van der Waals surface area contributed by atoms with Gasteiger partial charge in [0.1, 0.15) is 12.1 Å². The van der Waals surface area contributed by atoms with Crippen molar-refractivity contribution in [3.05, 3.63) is 35.8 Å². The summed E-state index contributed by atoms with van der Waals surface area (Å²) in [7, 11) is 1.77. The van der Waals surface area contributed by atoms with E-state index in [2.05, 4.69) is 15.3 Å².